The van der Waals surface area contributed by atoms with E-state index in [2.05, 4.69) is 37.3 Å². The van der Waals surface area contributed by atoms with E-state index < -0.39 is 53.4 Å². The summed E-state index contributed by atoms with van der Waals surface area (Å²) in [7, 11) is 1.72. The number of nitrogens with one attached hydrogen (secondary N) is 1. The number of anilines is 1. The maximum atomic E-state index is 14.4. The molecule has 0 bridgehead atoms. The molecule has 0 unspecified atom stereocenters. The summed E-state index contributed by atoms with van der Waals surface area (Å²) < 4.78 is 45.6. The highest BCUT2D eigenvalue weighted by Crippen LogP contribution is 2.22. The Labute approximate surface area is 234 Å². The Morgan fingerprint density at radius 3 is 2.73 bits per heavy atom. The molecule has 0 fully saturated rings. The van der Waals surface area contributed by atoms with E-state index in [-0.39, 0.29) is 33.8 Å². The minimum Gasteiger partial charge on any atom is -0.381 e. The summed E-state index contributed by atoms with van der Waals surface area (Å²) in [6, 6.07) is 3.98. The van der Waals surface area contributed by atoms with Crippen molar-refractivity contribution >= 4 is 28.3 Å². The van der Waals surface area contributed by atoms with Gasteiger partial charge in [-0.15, -0.1) is 5.10 Å². The second kappa shape index (κ2) is 9.85. The van der Waals surface area contributed by atoms with Crippen molar-refractivity contribution in [3.05, 3.63) is 112 Å². The number of rotatable bonds is 4. The molecule has 3 N–H and O–H groups in total. The summed E-state index contributed by atoms with van der Waals surface area (Å²) in [5.74, 6) is 5.09. The molecule has 11 nitrogen and oxygen atoms in total. The number of fused-ring (bicyclic) bond motifs is 2. The van der Waals surface area contributed by atoms with E-state index in [1.165, 1.54) is 10.7 Å². The molecule has 0 spiro atoms. The number of para-hydroxylation sites is 1. The first-order chi connectivity index (χ1) is 21.5. The van der Waals surface area contributed by atoms with Crippen LogP contribution in [-0.2, 0) is 7.05 Å². The fraction of sp³-hybridized carbons (Fsp3) is 0.103. The zero-order valence-electron chi connectivity index (χ0n) is 26.2. The van der Waals surface area contributed by atoms with Gasteiger partial charge in [-0.1, -0.05) is 30.1 Å². The highest BCUT2D eigenvalue weighted by Gasteiger charge is 2.24. The van der Waals surface area contributed by atoms with Crippen molar-refractivity contribution in [2.75, 3.05) is 5.73 Å². The molecule has 4 aromatic heterocycles. The van der Waals surface area contributed by atoms with E-state index >= 15 is 0 Å². The Balaban J connectivity index is 1.59. The molecule has 1 atom stereocenters. The van der Waals surface area contributed by atoms with E-state index in [0.29, 0.717) is 11.3 Å². The second-order valence-electron chi connectivity index (χ2n) is 8.72. The first-order valence-corrected chi connectivity index (χ1v) is 12.0. The lowest BCUT2D eigenvalue weighted by atomic mass is 10.1. The lowest BCUT2D eigenvalue weighted by molar-refractivity contribution is 0.0940. The van der Waals surface area contributed by atoms with Gasteiger partial charge in [0.2, 0.25) is 0 Å². The van der Waals surface area contributed by atoms with E-state index in [9.17, 15) is 9.59 Å². The smallest absolute Gasteiger partial charge is 0.267 e. The van der Waals surface area contributed by atoms with Crippen molar-refractivity contribution in [1.29, 1.82) is 0 Å². The number of nitrogen functional groups attached to an aromatic ring is 1. The summed E-state index contributed by atoms with van der Waals surface area (Å²) in [6.07, 6.45) is 4.64. The largest absolute Gasteiger partial charge is 0.381 e. The van der Waals surface area contributed by atoms with E-state index in [4.69, 9.17) is 12.6 Å². The Kier molecular flexibility index (Phi) is 4.76. The monoisotopic (exact) mass is 534 g/mol. The first kappa shape index (κ1) is 19.3. The van der Waals surface area contributed by atoms with Gasteiger partial charge in [0.05, 0.1) is 35.7 Å². The van der Waals surface area contributed by atoms with Crippen LogP contribution in [0.4, 0.5) is 5.82 Å². The van der Waals surface area contributed by atoms with Gasteiger partial charge in [-0.05, 0) is 49.2 Å². The van der Waals surface area contributed by atoms with Gasteiger partial charge in [0.25, 0.3) is 11.5 Å². The predicted molar refractivity (Wildman–Crippen MR) is 150 cm³/mol. The van der Waals surface area contributed by atoms with Gasteiger partial charge in [0, 0.05) is 25.0 Å². The molecule has 0 aliphatic carbocycles. The van der Waals surface area contributed by atoms with E-state index in [1.807, 2.05) is 0 Å². The number of amides is 1. The summed E-state index contributed by atoms with van der Waals surface area (Å²) in [5.41, 5.74) is 6.14. The van der Waals surface area contributed by atoms with Crippen LogP contribution in [0.5, 0.6) is 0 Å². The van der Waals surface area contributed by atoms with Gasteiger partial charge in [-0.25, -0.2) is 14.5 Å². The van der Waals surface area contributed by atoms with Crippen LogP contribution in [0.15, 0.2) is 83.9 Å². The van der Waals surface area contributed by atoms with Crippen LogP contribution < -0.4 is 16.6 Å². The molecule has 6 aromatic rings. The van der Waals surface area contributed by atoms with Gasteiger partial charge in [0.15, 0.2) is 11.5 Å². The highest BCUT2D eigenvalue weighted by atomic mass is 16.2. The Morgan fingerprint density at radius 1 is 1.12 bits per heavy atom. The van der Waals surface area contributed by atoms with Crippen molar-refractivity contribution in [3.63, 3.8) is 0 Å². The number of nitrogens with zero attached hydrogens (tertiary/aromatic N) is 7. The van der Waals surface area contributed by atoms with Gasteiger partial charge < -0.3 is 11.1 Å². The Morgan fingerprint density at radius 2 is 1.95 bits per heavy atom. The summed E-state index contributed by atoms with van der Waals surface area (Å²) in [5, 5.41) is 11.0. The topological polar surface area (TPSA) is 138 Å². The molecular formula is C29H23N9O2. The molecule has 0 saturated heterocycles. The lowest BCUT2D eigenvalue weighted by Crippen LogP contribution is -2.33. The fourth-order valence-corrected chi connectivity index (χ4v) is 4.30. The van der Waals surface area contributed by atoms with Crippen LogP contribution in [0, 0.1) is 11.8 Å². The molecular weight excluding hydrogens is 506 g/mol. The van der Waals surface area contributed by atoms with Crippen LogP contribution >= 0.6 is 0 Å². The Hall–Kier alpha value is -5.76. The number of aromatic nitrogens is 7. The average molecular weight is 535 g/mol. The summed E-state index contributed by atoms with van der Waals surface area (Å²) >= 11 is 0. The third-order valence-electron chi connectivity index (χ3n) is 6.16. The molecule has 0 aliphatic heterocycles. The van der Waals surface area contributed by atoms with Crippen molar-refractivity contribution in [1.82, 2.24) is 39.2 Å². The number of hydrogen-bond donors (Lipinski definition) is 2. The Bertz CT molecular complexity index is 2290. The maximum absolute atomic E-state index is 14.4. The molecule has 40 heavy (non-hydrogen) atoms. The predicted octanol–water partition coefficient (Wildman–Crippen LogP) is 2.63. The zero-order chi connectivity index (χ0) is 32.2. The summed E-state index contributed by atoms with van der Waals surface area (Å²) in [6.45, 7) is 1.54. The van der Waals surface area contributed by atoms with Crippen LogP contribution in [-0.4, -0.2) is 39.8 Å². The van der Waals surface area contributed by atoms with Crippen LogP contribution in [0.3, 0.4) is 0 Å². The van der Waals surface area contributed by atoms with Crippen molar-refractivity contribution in [3.8, 4) is 17.5 Å². The van der Waals surface area contributed by atoms with Crippen LogP contribution in [0.1, 0.15) is 47.3 Å². The molecule has 0 radical (unpaired) electrons. The molecule has 2 aromatic carbocycles. The van der Waals surface area contributed by atoms with Crippen molar-refractivity contribution < 1.29 is 11.6 Å². The number of aryl methyl sites for hydroxylation is 1. The first-order valence-electron chi connectivity index (χ1n) is 14.5. The minimum atomic E-state index is -1.05. The van der Waals surface area contributed by atoms with E-state index in [1.54, 1.807) is 61.4 Å². The molecule has 0 saturated carbocycles. The van der Waals surface area contributed by atoms with Gasteiger partial charge in [-0.3, -0.25) is 18.8 Å². The zero-order valence-corrected chi connectivity index (χ0v) is 21.2. The lowest BCUT2D eigenvalue weighted by Gasteiger charge is -2.20. The van der Waals surface area contributed by atoms with Crippen molar-refractivity contribution in [2.45, 2.75) is 13.0 Å². The number of carbonyl (C=O) groups is 1. The van der Waals surface area contributed by atoms with Crippen molar-refractivity contribution in [2.24, 2.45) is 7.05 Å². The third kappa shape index (κ3) is 4.23. The fourth-order valence-electron chi connectivity index (χ4n) is 4.30. The number of carbonyl (C=O) groups excluding carboxylic acids is 1. The molecule has 0 aliphatic rings. The van der Waals surface area contributed by atoms with E-state index in [0.717, 1.165) is 4.57 Å². The quantitative estimate of drug-likeness (QED) is 0.332. The van der Waals surface area contributed by atoms with Gasteiger partial charge in [0.1, 0.15) is 17.1 Å². The highest BCUT2D eigenvalue weighted by molar-refractivity contribution is 6.04. The standard InChI is InChI=1S/C29H23N9O2/c1-18(33-28(39)24-25(30)35-37-17-7-15-31-27(24)37)26-34-22-11-6-8-19(12-13-20-14-16-32-36(20)2)23(22)29(40)38(26)21-9-4-3-5-10-21/h3-11,14-18H,1-2H3,(H2,30,35)(H,33,39)/t18-/m0/s1/i3D,4D,5D,9D,10D. The maximum Gasteiger partial charge on any atom is 0.267 e. The number of nitrogens with two attached hydrogens (primary N) is 1. The number of benzene rings is 2. The van der Waals surface area contributed by atoms with Crippen LogP contribution in [0.25, 0.3) is 22.2 Å². The van der Waals surface area contributed by atoms with Gasteiger partial charge in [-0.2, -0.15) is 5.10 Å². The van der Waals surface area contributed by atoms with Gasteiger partial charge >= 0.3 is 0 Å². The molecule has 6 rings (SSSR count). The minimum absolute atomic E-state index is 0.00679. The average Bonchev–Trinajstić information content (AvgIpc) is 3.59. The second-order valence-corrected chi connectivity index (χ2v) is 8.72. The molecule has 4 heterocycles. The molecule has 11 heteroatoms. The third-order valence-corrected chi connectivity index (χ3v) is 6.16. The number of hydrogen-bond acceptors (Lipinski definition) is 7. The molecule has 1 amide bonds. The molecule has 196 valence electrons. The normalized spacial score (nSPS) is 13.5. The summed E-state index contributed by atoms with van der Waals surface area (Å²) in [4.78, 5) is 36.8. The van der Waals surface area contributed by atoms with Crippen LogP contribution in [0.2, 0.25) is 0 Å². The SMILES string of the molecule is [2H]c1c([2H])c([2H])c(-n2c([C@H](C)NC(=O)c3c(N)nn4cccnc34)nc3cccc(C#Cc4ccnn4C)c3c2=O)c([2H])c1[2H].